The number of nitrogens with zero attached hydrogens (tertiary/aromatic N) is 1. The van der Waals surface area contributed by atoms with E-state index in [1.807, 2.05) is 18.3 Å². The van der Waals surface area contributed by atoms with Crippen LogP contribution in [0.4, 0.5) is 4.39 Å². The first kappa shape index (κ1) is 26.7. The van der Waals surface area contributed by atoms with Crippen molar-refractivity contribution in [1.29, 1.82) is 0 Å². The SMILES string of the molecule is CCCCCCCC[C@H]1CC[C@H](c2ccc(-c3ccc(OCCCCCC)cc3F)nc2)CC1. The van der Waals surface area contributed by atoms with Crippen LogP contribution < -0.4 is 4.74 Å². The second-order valence-corrected chi connectivity index (χ2v) is 10.3. The van der Waals surface area contributed by atoms with E-state index in [0.29, 0.717) is 29.5 Å². The predicted octanol–water partition coefficient (Wildman–Crippen LogP) is 9.87. The fourth-order valence-electron chi connectivity index (χ4n) is 5.32. The van der Waals surface area contributed by atoms with Gasteiger partial charge in [-0.2, -0.15) is 0 Å². The lowest BCUT2D eigenvalue weighted by atomic mass is 9.77. The normalized spacial score (nSPS) is 18.2. The van der Waals surface area contributed by atoms with Crippen LogP contribution in [0.3, 0.4) is 0 Å². The summed E-state index contributed by atoms with van der Waals surface area (Å²) in [6.07, 6.45) is 21.6. The molecule has 0 atom stereocenters. The van der Waals surface area contributed by atoms with Gasteiger partial charge < -0.3 is 4.74 Å². The maximum absolute atomic E-state index is 14.7. The second kappa shape index (κ2) is 15.2. The Labute approximate surface area is 207 Å². The number of halogens is 1. The molecule has 3 heteroatoms. The molecule has 3 rings (SSSR count). The van der Waals surface area contributed by atoms with Gasteiger partial charge in [-0.1, -0.05) is 84.1 Å². The van der Waals surface area contributed by atoms with Crippen LogP contribution in [0.15, 0.2) is 36.5 Å². The standard InChI is InChI=1S/C31H46FNO/c1-3-5-7-9-10-11-13-25-14-16-26(17-15-25)27-18-21-31(33-24-27)29-20-19-28(23-30(29)32)34-22-12-8-6-4-2/h18-21,23-26H,3-17,22H2,1-2H3/t25-,26-. The molecule has 1 aromatic heterocycles. The molecule has 188 valence electrons. The van der Waals surface area contributed by atoms with Gasteiger partial charge in [0, 0.05) is 17.8 Å². The molecule has 1 saturated carbocycles. The molecule has 1 aromatic carbocycles. The Balaban J connectivity index is 1.43. The van der Waals surface area contributed by atoms with Crippen molar-refractivity contribution in [3.05, 3.63) is 47.9 Å². The quantitative estimate of drug-likeness (QED) is 0.243. The third-order valence-electron chi connectivity index (χ3n) is 7.55. The first-order valence-electron chi connectivity index (χ1n) is 14.1. The lowest BCUT2D eigenvalue weighted by molar-refractivity contribution is 0.301. The predicted molar refractivity (Wildman–Crippen MR) is 142 cm³/mol. The van der Waals surface area contributed by atoms with Gasteiger partial charge in [0.2, 0.25) is 0 Å². The van der Waals surface area contributed by atoms with Gasteiger partial charge in [0.1, 0.15) is 11.6 Å². The monoisotopic (exact) mass is 467 g/mol. The summed E-state index contributed by atoms with van der Waals surface area (Å²) in [6, 6.07) is 9.31. The van der Waals surface area contributed by atoms with Crippen LogP contribution in [0.5, 0.6) is 5.75 Å². The van der Waals surface area contributed by atoms with E-state index >= 15 is 0 Å². The molecule has 1 heterocycles. The highest BCUT2D eigenvalue weighted by Crippen LogP contribution is 2.38. The molecule has 1 aliphatic carbocycles. The molecule has 0 spiro atoms. The Hall–Kier alpha value is -1.90. The molecular formula is C31H46FNO. The number of hydrogen-bond acceptors (Lipinski definition) is 2. The molecule has 0 radical (unpaired) electrons. The molecule has 0 N–H and O–H groups in total. The topological polar surface area (TPSA) is 22.1 Å². The summed E-state index contributed by atoms with van der Waals surface area (Å²) in [7, 11) is 0. The second-order valence-electron chi connectivity index (χ2n) is 10.3. The Morgan fingerprint density at radius 1 is 0.824 bits per heavy atom. The van der Waals surface area contributed by atoms with Gasteiger partial charge in [-0.05, 0) is 67.7 Å². The summed E-state index contributed by atoms with van der Waals surface area (Å²) in [5.74, 6) is 1.86. The molecule has 0 aliphatic heterocycles. The average Bonchev–Trinajstić information content (AvgIpc) is 2.87. The summed E-state index contributed by atoms with van der Waals surface area (Å²) < 4.78 is 20.4. The maximum Gasteiger partial charge on any atom is 0.136 e. The van der Waals surface area contributed by atoms with Crippen molar-refractivity contribution in [2.75, 3.05) is 6.61 Å². The minimum absolute atomic E-state index is 0.262. The highest BCUT2D eigenvalue weighted by Gasteiger charge is 2.22. The Bertz CT molecular complexity index is 811. The van der Waals surface area contributed by atoms with E-state index in [-0.39, 0.29) is 5.82 Å². The van der Waals surface area contributed by atoms with Crippen LogP contribution in [-0.4, -0.2) is 11.6 Å². The number of rotatable bonds is 15. The van der Waals surface area contributed by atoms with Gasteiger partial charge in [-0.25, -0.2) is 4.39 Å². The summed E-state index contributed by atoms with van der Waals surface area (Å²) in [5, 5.41) is 0. The summed E-state index contributed by atoms with van der Waals surface area (Å²) in [4.78, 5) is 4.63. The molecule has 34 heavy (non-hydrogen) atoms. The third kappa shape index (κ3) is 8.71. The molecule has 2 nitrogen and oxygen atoms in total. The van der Waals surface area contributed by atoms with Crippen LogP contribution in [-0.2, 0) is 0 Å². The Kier molecular flexibility index (Phi) is 11.9. The van der Waals surface area contributed by atoms with Crippen LogP contribution in [0.2, 0.25) is 0 Å². The summed E-state index contributed by atoms with van der Waals surface area (Å²) in [6.45, 7) is 5.12. The zero-order valence-corrected chi connectivity index (χ0v) is 21.7. The van der Waals surface area contributed by atoms with Crippen molar-refractivity contribution >= 4 is 0 Å². The van der Waals surface area contributed by atoms with Crippen LogP contribution in [0, 0.1) is 11.7 Å². The van der Waals surface area contributed by atoms with Crippen molar-refractivity contribution in [2.45, 2.75) is 116 Å². The van der Waals surface area contributed by atoms with Crippen molar-refractivity contribution < 1.29 is 9.13 Å². The van der Waals surface area contributed by atoms with Crippen LogP contribution in [0.1, 0.15) is 122 Å². The minimum Gasteiger partial charge on any atom is -0.493 e. The zero-order chi connectivity index (χ0) is 24.0. The number of unbranched alkanes of at least 4 members (excludes halogenated alkanes) is 8. The van der Waals surface area contributed by atoms with Gasteiger partial charge in [0.25, 0.3) is 0 Å². The first-order valence-corrected chi connectivity index (χ1v) is 14.1. The summed E-state index contributed by atoms with van der Waals surface area (Å²) in [5.41, 5.74) is 2.56. The largest absolute Gasteiger partial charge is 0.493 e. The van der Waals surface area contributed by atoms with Gasteiger partial charge in [-0.3, -0.25) is 4.98 Å². The molecule has 0 amide bonds. The fourth-order valence-corrected chi connectivity index (χ4v) is 5.32. The molecular weight excluding hydrogens is 421 g/mol. The minimum atomic E-state index is -0.262. The lowest BCUT2D eigenvalue weighted by Gasteiger charge is -2.28. The van der Waals surface area contributed by atoms with Crippen LogP contribution in [0.25, 0.3) is 11.3 Å². The van der Waals surface area contributed by atoms with Crippen LogP contribution >= 0.6 is 0 Å². The number of aromatic nitrogens is 1. The highest BCUT2D eigenvalue weighted by molar-refractivity contribution is 5.61. The highest BCUT2D eigenvalue weighted by atomic mass is 19.1. The number of pyridine rings is 1. The Morgan fingerprint density at radius 2 is 1.53 bits per heavy atom. The first-order chi connectivity index (χ1) is 16.7. The smallest absolute Gasteiger partial charge is 0.136 e. The molecule has 0 bridgehead atoms. The maximum atomic E-state index is 14.7. The van der Waals surface area contributed by atoms with E-state index in [4.69, 9.17) is 4.74 Å². The fraction of sp³-hybridized carbons (Fsp3) is 0.645. The van der Waals surface area contributed by atoms with E-state index in [1.54, 1.807) is 6.07 Å². The Morgan fingerprint density at radius 3 is 2.21 bits per heavy atom. The van der Waals surface area contributed by atoms with E-state index < -0.39 is 0 Å². The van der Waals surface area contributed by atoms with Gasteiger partial charge in [0.05, 0.1) is 12.3 Å². The van der Waals surface area contributed by atoms with E-state index in [0.717, 1.165) is 18.8 Å². The average molecular weight is 468 g/mol. The number of ether oxygens (including phenoxy) is 1. The third-order valence-corrected chi connectivity index (χ3v) is 7.55. The van der Waals surface area contributed by atoms with E-state index in [9.17, 15) is 4.39 Å². The van der Waals surface area contributed by atoms with Gasteiger partial charge >= 0.3 is 0 Å². The van der Waals surface area contributed by atoms with Gasteiger partial charge in [0.15, 0.2) is 0 Å². The van der Waals surface area contributed by atoms with Crippen molar-refractivity contribution in [1.82, 2.24) is 4.98 Å². The molecule has 1 fully saturated rings. The molecule has 2 aromatic rings. The molecule has 0 unspecified atom stereocenters. The lowest BCUT2D eigenvalue weighted by Crippen LogP contribution is -2.13. The van der Waals surface area contributed by atoms with Gasteiger partial charge in [-0.15, -0.1) is 0 Å². The van der Waals surface area contributed by atoms with Crippen molar-refractivity contribution in [2.24, 2.45) is 5.92 Å². The zero-order valence-electron chi connectivity index (χ0n) is 21.7. The van der Waals surface area contributed by atoms with Crippen molar-refractivity contribution in [3.8, 4) is 17.0 Å². The summed E-state index contributed by atoms with van der Waals surface area (Å²) >= 11 is 0. The van der Waals surface area contributed by atoms with E-state index in [1.165, 1.54) is 95.1 Å². The molecule has 1 aliphatic rings. The number of benzene rings is 1. The van der Waals surface area contributed by atoms with Crippen molar-refractivity contribution in [3.63, 3.8) is 0 Å². The van der Waals surface area contributed by atoms with E-state index in [2.05, 4.69) is 24.9 Å². The number of hydrogen-bond donors (Lipinski definition) is 0. The molecule has 0 saturated heterocycles.